The molecule has 5 atom stereocenters. The lowest BCUT2D eigenvalue weighted by Gasteiger charge is -2.46. The van der Waals surface area contributed by atoms with Crippen LogP contribution in [-0.4, -0.2) is 81.3 Å². The molecular weight excluding hydrogens is 580 g/mol. The summed E-state index contributed by atoms with van der Waals surface area (Å²) in [7, 11) is -2.04. The third-order valence-electron chi connectivity index (χ3n) is 10.3. The van der Waals surface area contributed by atoms with E-state index in [0.29, 0.717) is 47.9 Å². The van der Waals surface area contributed by atoms with Crippen LogP contribution in [0.5, 0.6) is 23.0 Å². The van der Waals surface area contributed by atoms with Crippen molar-refractivity contribution in [3.63, 3.8) is 0 Å². The van der Waals surface area contributed by atoms with Crippen LogP contribution in [0.2, 0.25) is 0 Å². The molecule has 4 heterocycles. The number of methoxy groups -OCH3 is 4. The highest BCUT2D eigenvalue weighted by molar-refractivity contribution is 5.83. The van der Waals surface area contributed by atoms with Crippen molar-refractivity contribution in [2.24, 2.45) is 23.7 Å². The van der Waals surface area contributed by atoms with Crippen LogP contribution in [0.4, 0.5) is 0 Å². The minimum atomic E-state index is -2.54. The van der Waals surface area contributed by atoms with Gasteiger partial charge < -0.3 is 24.1 Å². The van der Waals surface area contributed by atoms with Gasteiger partial charge in [0.25, 0.3) is 0 Å². The van der Waals surface area contributed by atoms with E-state index in [0.717, 1.165) is 74.1 Å². The molecule has 0 amide bonds. The number of ether oxygens (including phenoxy) is 4. The number of carbonyl (C=O) groups excluding carboxylic acids is 1. The van der Waals surface area contributed by atoms with E-state index < -0.39 is 14.1 Å². The fourth-order valence-corrected chi connectivity index (χ4v) is 8.15. The number of aliphatic hydroxyl groups excluding tert-OH is 1. The van der Waals surface area contributed by atoms with Gasteiger partial charge >= 0.3 is 0 Å². The Morgan fingerprint density at radius 3 is 1.83 bits per heavy atom. The zero-order chi connectivity index (χ0) is 38.1. The summed E-state index contributed by atoms with van der Waals surface area (Å²) < 4.78 is 65.3. The Balaban J connectivity index is 0.000000201. The summed E-state index contributed by atoms with van der Waals surface area (Å²) in [5.41, 5.74) is 4.30. The number of aliphatic hydroxyl groups is 1. The number of rotatable bonds is 8. The zero-order valence-corrected chi connectivity index (χ0v) is 28.3. The largest absolute Gasteiger partial charge is 0.493 e. The summed E-state index contributed by atoms with van der Waals surface area (Å²) in [6.07, 6.45) is 4.50. The molecule has 2 saturated heterocycles. The average molecular weight is 643 g/mol. The van der Waals surface area contributed by atoms with Crippen molar-refractivity contribution < 1.29 is 37.1 Å². The third-order valence-corrected chi connectivity index (χ3v) is 10.3. The van der Waals surface area contributed by atoms with Crippen LogP contribution in [0.15, 0.2) is 24.3 Å². The van der Waals surface area contributed by atoms with E-state index in [9.17, 15) is 9.90 Å². The van der Waals surface area contributed by atoms with Gasteiger partial charge in [0.15, 0.2) is 23.0 Å². The van der Waals surface area contributed by atoms with Gasteiger partial charge in [-0.3, -0.25) is 14.6 Å². The molecule has 0 aromatic heterocycles. The first-order valence-electron chi connectivity index (χ1n) is 19.8. The van der Waals surface area contributed by atoms with E-state index in [1.165, 1.54) is 14.2 Å². The van der Waals surface area contributed by atoms with Gasteiger partial charge in [-0.1, -0.05) is 27.7 Å². The number of Topliss-reactive ketones (excluding diaryl/α,β-unsaturated/α-hetero) is 1. The lowest BCUT2D eigenvalue weighted by Crippen LogP contribution is -2.48. The Hall–Kier alpha value is -2.81. The van der Waals surface area contributed by atoms with E-state index in [1.807, 2.05) is 12.1 Å². The molecule has 8 nitrogen and oxygen atoms in total. The predicted molar refractivity (Wildman–Crippen MR) is 181 cm³/mol. The molecule has 0 bridgehead atoms. The molecule has 4 aliphatic rings. The molecule has 0 spiro atoms. The zero-order valence-electron chi connectivity index (χ0n) is 34.3. The topological polar surface area (TPSA) is 80.7 Å². The summed E-state index contributed by atoms with van der Waals surface area (Å²) in [5, 5.41) is 10.7. The summed E-state index contributed by atoms with van der Waals surface area (Å²) in [5.74, 6) is 3.09. The Morgan fingerprint density at radius 1 is 0.783 bits per heavy atom. The second kappa shape index (κ2) is 15.0. The highest BCUT2D eigenvalue weighted by Gasteiger charge is 2.40. The number of carbonyl (C=O) groups is 1. The van der Waals surface area contributed by atoms with Crippen molar-refractivity contribution in [3.8, 4) is 23.0 Å². The molecule has 254 valence electrons. The number of hydrogen-bond acceptors (Lipinski definition) is 8. The van der Waals surface area contributed by atoms with Gasteiger partial charge in [-0.25, -0.2) is 0 Å². The lowest BCUT2D eigenvalue weighted by atomic mass is 9.79. The van der Waals surface area contributed by atoms with Gasteiger partial charge in [0.1, 0.15) is 5.78 Å². The summed E-state index contributed by atoms with van der Waals surface area (Å²) in [6.45, 7) is 12.2. The van der Waals surface area contributed by atoms with Gasteiger partial charge in [-0.05, 0) is 96.4 Å². The van der Waals surface area contributed by atoms with Gasteiger partial charge in [-0.15, -0.1) is 0 Å². The maximum absolute atomic E-state index is 12.7. The Morgan fingerprint density at radius 2 is 1.30 bits per heavy atom. The molecule has 2 aromatic carbocycles. The van der Waals surface area contributed by atoms with E-state index in [2.05, 4.69) is 37.5 Å². The molecule has 2 fully saturated rings. The molecule has 0 radical (unpaired) electrons. The molecule has 0 saturated carbocycles. The van der Waals surface area contributed by atoms with Gasteiger partial charge in [0, 0.05) is 50.6 Å². The molecule has 2 aromatic rings. The first kappa shape index (κ1) is 27.2. The first-order chi connectivity index (χ1) is 24.3. The highest BCUT2D eigenvalue weighted by Crippen LogP contribution is 2.44. The van der Waals surface area contributed by atoms with E-state index in [-0.39, 0.29) is 35.6 Å². The van der Waals surface area contributed by atoms with Crippen LogP contribution >= 0.6 is 0 Å². The first-order valence-corrected chi connectivity index (χ1v) is 16.8. The maximum Gasteiger partial charge on any atom is 0.161 e. The number of hydrogen-bond donors (Lipinski definition) is 1. The molecule has 5 unspecified atom stereocenters. The van der Waals surface area contributed by atoms with Crippen molar-refractivity contribution in [2.75, 3.05) is 54.5 Å². The van der Waals surface area contributed by atoms with E-state index in [1.54, 1.807) is 12.1 Å². The van der Waals surface area contributed by atoms with Crippen LogP contribution < -0.4 is 18.9 Å². The quantitative estimate of drug-likeness (QED) is 0.361. The van der Waals surface area contributed by atoms with Crippen LogP contribution in [0.25, 0.3) is 0 Å². The van der Waals surface area contributed by atoms with Crippen molar-refractivity contribution in [2.45, 2.75) is 84.4 Å². The standard InChI is InChI=1S/C19H29NO3.C19H27NO3/c2*1-12(2)7-14-11-20-6-5-13-8-18(22-3)19(23-4)9-15(13)16(20)10-17(14)21/h8-9,12,14,16-17,21H,5-7,10-11H2,1-4H3;8-9,12,14,16H,5-7,10-11H2,1-4H3/i2*4D3. The molecule has 46 heavy (non-hydrogen) atoms. The molecule has 8 heteroatoms. The summed E-state index contributed by atoms with van der Waals surface area (Å²) in [6, 6.07) is 7.40. The third kappa shape index (κ3) is 7.34. The van der Waals surface area contributed by atoms with Crippen LogP contribution in [0, 0.1) is 23.7 Å². The average Bonchev–Trinajstić information content (AvgIpc) is 3.03. The predicted octanol–water partition coefficient (Wildman–Crippen LogP) is 6.27. The molecule has 4 aliphatic heterocycles. The monoisotopic (exact) mass is 642 g/mol. The summed E-state index contributed by atoms with van der Waals surface area (Å²) in [4.78, 5) is 17.4. The smallest absolute Gasteiger partial charge is 0.161 e. The Kier molecular flexibility index (Phi) is 8.83. The number of nitrogens with zero attached hydrogens (tertiary/aromatic N) is 2. The van der Waals surface area contributed by atoms with Crippen molar-refractivity contribution >= 4 is 5.78 Å². The number of ketones is 1. The van der Waals surface area contributed by atoms with Gasteiger partial charge in [0.05, 0.1) is 42.6 Å². The summed E-state index contributed by atoms with van der Waals surface area (Å²) >= 11 is 0. The van der Waals surface area contributed by atoms with Gasteiger partial charge in [0.2, 0.25) is 0 Å². The normalized spacial score (nSPS) is 28.4. The number of fused-ring (bicyclic) bond motifs is 6. The fourth-order valence-electron chi connectivity index (χ4n) is 8.15. The Bertz CT molecular complexity index is 1560. The van der Waals surface area contributed by atoms with Crippen molar-refractivity contribution in [1.29, 1.82) is 0 Å². The number of piperidine rings is 2. The molecule has 0 aliphatic carbocycles. The van der Waals surface area contributed by atoms with Gasteiger partial charge in [-0.2, -0.15) is 0 Å². The minimum Gasteiger partial charge on any atom is -0.493 e. The van der Waals surface area contributed by atoms with Crippen LogP contribution in [0.1, 0.15) is 95.9 Å². The SMILES string of the molecule is [2H]C([2H])([2H])Oc1cc2c(cc1OC)CCN1CC(CC(C)C)C(=O)CC21.[2H]C([2H])([2H])Oc1cc2c(cc1OC)CCN1CC(CC(C)C)C(O)CC21. The van der Waals surface area contributed by atoms with Crippen molar-refractivity contribution in [3.05, 3.63) is 46.5 Å². The Labute approximate surface area is 284 Å². The van der Waals surface area contributed by atoms with E-state index in [4.69, 9.17) is 27.2 Å². The fraction of sp³-hybridized carbons (Fsp3) is 0.658. The second-order valence-corrected chi connectivity index (χ2v) is 14.3. The van der Waals surface area contributed by atoms with E-state index >= 15 is 0 Å². The lowest BCUT2D eigenvalue weighted by molar-refractivity contribution is -0.129. The molecular formula is C38H56N2O6. The molecule has 1 N–H and O–H groups in total. The van der Waals surface area contributed by atoms with Crippen molar-refractivity contribution in [1.82, 2.24) is 9.80 Å². The maximum atomic E-state index is 12.7. The minimum absolute atomic E-state index is 0.000445. The second-order valence-electron chi connectivity index (χ2n) is 14.3. The highest BCUT2D eigenvalue weighted by atomic mass is 16.5. The molecule has 6 rings (SSSR count). The van der Waals surface area contributed by atoms with Crippen LogP contribution in [0.3, 0.4) is 0 Å². The number of benzene rings is 2. The van der Waals surface area contributed by atoms with Crippen LogP contribution in [-0.2, 0) is 17.6 Å².